The molecule has 0 bridgehead atoms. The van der Waals surface area contributed by atoms with Crippen molar-refractivity contribution in [1.82, 2.24) is 24.0 Å². The molecule has 1 aliphatic heterocycles. The quantitative estimate of drug-likeness (QED) is 0.605. The van der Waals surface area contributed by atoms with Gasteiger partial charge in [-0.2, -0.15) is 0 Å². The van der Waals surface area contributed by atoms with Gasteiger partial charge in [-0.15, -0.1) is 0 Å². The van der Waals surface area contributed by atoms with Gasteiger partial charge in [0.05, 0.1) is 17.3 Å². The van der Waals surface area contributed by atoms with Crippen molar-refractivity contribution < 1.29 is 9.00 Å². The molecule has 4 rings (SSSR count). The van der Waals surface area contributed by atoms with Crippen LogP contribution in [0, 0.1) is 6.92 Å². The molecular weight excluding hydrogens is 416 g/mol. The lowest BCUT2D eigenvalue weighted by molar-refractivity contribution is 0.210. The van der Waals surface area contributed by atoms with Crippen molar-refractivity contribution in [2.24, 2.45) is 0 Å². The molecule has 0 unspecified atom stereocenters. The second-order valence-electron chi connectivity index (χ2n) is 7.78. The Morgan fingerprint density at radius 3 is 2.48 bits per heavy atom. The van der Waals surface area contributed by atoms with Gasteiger partial charge < -0.3 is 10.6 Å². The van der Waals surface area contributed by atoms with E-state index in [1.807, 2.05) is 38.1 Å². The highest BCUT2D eigenvalue weighted by molar-refractivity contribution is 7.84. The van der Waals surface area contributed by atoms with Gasteiger partial charge in [0.1, 0.15) is 5.52 Å². The lowest BCUT2D eigenvalue weighted by Gasteiger charge is -2.15. The van der Waals surface area contributed by atoms with Crippen molar-refractivity contribution in [3.63, 3.8) is 0 Å². The van der Waals surface area contributed by atoms with E-state index in [0.717, 1.165) is 28.5 Å². The number of benzene rings is 1. The minimum atomic E-state index is -1.44. The molecule has 3 heterocycles. The number of imidazole rings is 1. The number of fused-ring (bicyclic) bond motifs is 1. The van der Waals surface area contributed by atoms with Gasteiger partial charge in [0, 0.05) is 18.8 Å². The molecule has 1 saturated heterocycles. The molecule has 1 aromatic carbocycles. The summed E-state index contributed by atoms with van der Waals surface area (Å²) in [4.78, 5) is 36.8. The first kappa shape index (κ1) is 21.2. The van der Waals surface area contributed by atoms with Crippen LogP contribution in [0.1, 0.15) is 37.3 Å². The highest BCUT2D eigenvalue weighted by Gasteiger charge is 2.28. The Kier molecular flexibility index (Phi) is 5.90. The Morgan fingerprint density at radius 2 is 1.84 bits per heavy atom. The molecule has 2 aromatic heterocycles. The molecule has 0 spiro atoms. The van der Waals surface area contributed by atoms with Crippen molar-refractivity contribution in [2.45, 2.75) is 44.8 Å². The predicted molar refractivity (Wildman–Crippen MR) is 120 cm³/mol. The lowest BCUT2D eigenvalue weighted by atomic mass is 10.1. The fourth-order valence-corrected chi connectivity index (χ4v) is 4.71. The maximum absolute atomic E-state index is 13.4. The van der Waals surface area contributed by atoms with Crippen LogP contribution in [-0.4, -0.2) is 53.1 Å². The molecule has 1 atom stereocenters. The summed E-state index contributed by atoms with van der Waals surface area (Å²) < 4.78 is 15.0. The van der Waals surface area contributed by atoms with Gasteiger partial charge >= 0.3 is 11.7 Å². The van der Waals surface area contributed by atoms with E-state index in [2.05, 4.69) is 9.97 Å². The van der Waals surface area contributed by atoms with E-state index in [9.17, 15) is 13.8 Å². The van der Waals surface area contributed by atoms with Gasteiger partial charge in [0.15, 0.2) is 11.5 Å². The Labute approximate surface area is 182 Å². The molecule has 1 fully saturated rings. The number of hydrogen-bond acceptors (Lipinski definition) is 6. The second kappa shape index (κ2) is 8.62. The maximum Gasteiger partial charge on any atom is 0.339 e. The normalized spacial score (nSPS) is 15.0. The molecule has 0 radical (unpaired) electrons. The molecule has 9 nitrogen and oxygen atoms in total. The SMILES string of the molecule is CCC[S@@](=O)c1nc(N)c2c(n1)n(Cc1ccc(C)cc1)c(=O)n2C(=O)N1CCCC1. The van der Waals surface area contributed by atoms with E-state index in [0.29, 0.717) is 25.3 Å². The van der Waals surface area contributed by atoms with E-state index >= 15 is 0 Å². The molecule has 3 aromatic rings. The van der Waals surface area contributed by atoms with E-state index < -0.39 is 22.5 Å². The summed E-state index contributed by atoms with van der Waals surface area (Å²) in [7, 11) is -1.44. The summed E-state index contributed by atoms with van der Waals surface area (Å²) in [5.74, 6) is 0.373. The molecule has 31 heavy (non-hydrogen) atoms. The second-order valence-corrected chi connectivity index (χ2v) is 9.24. The Hall–Kier alpha value is -3.01. The topological polar surface area (TPSA) is 116 Å². The number of carbonyl (C=O) groups is 1. The van der Waals surface area contributed by atoms with E-state index in [4.69, 9.17) is 5.73 Å². The van der Waals surface area contributed by atoms with Crippen LogP contribution < -0.4 is 11.4 Å². The zero-order valence-electron chi connectivity index (χ0n) is 17.7. The van der Waals surface area contributed by atoms with E-state index in [-0.39, 0.29) is 28.7 Å². The van der Waals surface area contributed by atoms with Crippen molar-refractivity contribution in [1.29, 1.82) is 0 Å². The van der Waals surface area contributed by atoms with Crippen molar-refractivity contribution in [2.75, 3.05) is 24.6 Å². The van der Waals surface area contributed by atoms with E-state index in [1.165, 1.54) is 4.57 Å². The van der Waals surface area contributed by atoms with Crippen LogP contribution in [0.3, 0.4) is 0 Å². The molecular formula is C21H26N6O3S. The molecule has 1 amide bonds. The number of nitrogen functional groups attached to an aromatic ring is 1. The highest BCUT2D eigenvalue weighted by atomic mass is 32.2. The average molecular weight is 443 g/mol. The number of nitrogens with zero attached hydrogens (tertiary/aromatic N) is 5. The smallest absolute Gasteiger partial charge is 0.339 e. The molecule has 10 heteroatoms. The van der Waals surface area contributed by atoms with Crippen LogP contribution in [-0.2, 0) is 17.3 Å². The number of aromatic nitrogens is 4. The first-order valence-electron chi connectivity index (χ1n) is 10.4. The van der Waals surface area contributed by atoms with Gasteiger partial charge in [0.2, 0.25) is 5.16 Å². The van der Waals surface area contributed by atoms with Crippen molar-refractivity contribution in [3.8, 4) is 0 Å². The number of rotatable bonds is 5. The molecule has 0 aliphatic carbocycles. The van der Waals surface area contributed by atoms with Gasteiger partial charge in [-0.1, -0.05) is 36.8 Å². The number of likely N-dealkylation sites (tertiary alicyclic amines) is 1. The first-order valence-corrected chi connectivity index (χ1v) is 11.7. The van der Waals surface area contributed by atoms with Crippen LogP contribution in [0.4, 0.5) is 10.6 Å². The standard InChI is InChI=1S/C21H26N6O3S/c1-3-12-31(30)19-23-17(22)16-18(24-19)26(13-15-8-6-14(2)7-9-15)21(29)27(16)20(28)25-10-4-5-11-25/h6-9H,3-5,10-13H2,1-2H3,(H2,22,23,24)/t31-/m1/s1. The Bertz CT molecular complexity index is 1210. The summed E-state index contributed by atoms with van der Waals surface area (Å²) in [5, 5.41) is 0.0790. The zero-order chi connectivity index (χ0) is 22.1. The summed E-state index contributed by atoms with van der Waals surface area (Å²) in [6.07, 6.45) is 2.49. The number of anilines is 1. The van der Waals surface area contributed by atoms with Gasteiger partial charge in [0.25, 0.3) is 0 Å². The summed E-state index contributed by atoms with van der Waals surface area (Å²) in [6, 6.07) is 7.34. The number of amides is 1. The van der Waals surface area contributed by atoms with Gasteiger partial charge in [-0.05, 0) is 31.7 Å². The summed E-state index contributed by atoms with van der Waals surface area (Å²) in [5.41, 5.74) is 8.06. The lowest BCUT2D eigenvalue weighted by Crippen LogP contribution is -2.39. The van der Waals surface area contributed by atoms with Gasteiger partial charge in [-0.3, -0.25) is 8.78 Å². The monoisotopic (exact) mass is 442 g/mol. The molecule has 2 N–H and O–H groups in total. The minimum Gasteiger partial charge on any atom is -0.382 e. The number of aryl methyl sites for hydroxylation is 1. The summed E-state index contributed by atoms with van der Waals surface area (Å²) >= 11 is 0. The summed E-state index contributed by atoms with van der Waals surface area (Å²) in [6.45, 7) is 5.30. The number of carbonyl (C=O) groups excluding carboxylic acids is 1. The zero-order valence-corrected chi connectivity index (χ0v) is 18.5. The van der Waals surface area contributed by atoms with Crippen molar-refractivity contribution in [3.05, 3.63) is 45.9 Å². The fraction of sp³-hybridized carbons (Fsp3) is 0.429. The van der Waals surface area contributed by atoms with Crippen LogP contribution >= 0.6 is 0 Å². The third kappa shape index (κ3) is 3.99. The van der Waals surface area contributed by atoms with E-state index in [1.54, 1.807) is 4.90 Å². The van der Waals surface area contributed by atoms with Crippen LogP contribution in [0.25, 0.3) is 11.2 Å². The average Bonchev–Trinajstić information content (AvgIpc) is 3.37. The largest absolute Gasteiger partial charge is 0.382 e. The number of hydrogen-bond donors (Lipinski definition) is 1. The Balaban J connectivity index is 1.91. The predicted octanol–water partition coefficient (Wildman–Crippen LogP) is 2.11. The first-order chi connectivity index (χ1) is 14.9. The number of nitrogens with two attached hydrogens (primary N) is 1. The van der Waals surface area contributed by atoms with Gasteiger partial charge in [-0.25, -0.2) is 24.1 Å². The minimum absolute atomic E-state index is 0.0169. The molecule has 1 aliphatic rings. The van der Waals surface area contributed by atoms with Crippen LogP contribution in [0.5, 0.6) is 0 Å². The van der Waals surface area contributed by atoms with Crippen molar-refractivity contribution >= 4 is 33.8 Å². The molecule has 0 saturated carbocycles. The van der Waals surface area contributed by atoms with Crippen LogP contribution in [0.2, 0.25) is 0 Å². The highest BCUT2D eigenvalue weighted by Crippen LogP contribution is 2.22. The van der Waals surface area contributed by atoms with Crippen LogP contribution in [0.15, 0.2) is 34.2 Å². The third-order valence-corrected chi connectivity index (χ3v) is 6.76. The Morgan fingerprint density at radius 1 is 1.16 bits per heavy atom. The molecule has 164 valence electrons. The fourth-order valence-electron chi connectivity index (χ4n) is 3.77. The third-order valence-electron chi connectivity index (χ3n) is 5.40. The maximum atomic E-state index is 13.4.